The molecular weight excluding hydrogens is 537 g/mol. The molecule has 1 atom stereocenters. The quantitative estimate of drug-likeness (QED) is 0.140. The third-order valence-electron chi connectivity index (χ3n) is 6.45. The maximum atomic E-state index is 12.3. The summed E-state index contributed by atoms with van der Waals surface area (Å²) < 4.78 is 49.7. The van der Waals surface area contributed by atoms with Gasteiger partial charge in [-0.15, -0.1) is 0 Å². The minimum Gasteiger partial charge on any atom is -0.379 e. The number of benzene rings is 1. The summed E-state index contributed by atoms with van der Waals surface area (Å²) in [6, 6.07) is 8.19. The van der Waals surface area contributed by atoms with Crippen LogP contribution in [-0.2, 0) is 42.7 Å². The van der Waals surface area contributed by atoms with Gasteiger partial charge in [-0.05, 0) is 30.9 Å². The zero-order valence-electron chi connectivity index (χ0n) is 25.0. The van der Waals surface area contributed by atoms with Crippen LogP contribution in [-0.4, -0.2) is 90.7 Å². The highest BCUT2D eigenvalue weighted by Crippen LogP contribution is 2.48. The smallest absolute Gasteiger partial charge is 0.379 e. The van der Waals surface area contributed by atoms with Crippen molar-refractivity contribution in [2.45, 2.75) is 46.5 Å². The van der Waals surface area contributed by atoms with E-state index in [1.54, 1.807) is 0 Å². The molecule has 0 radical (unpaired) electrons. The van der Waals surface area contributed by atoms with Gasteiger partial charge in [-0.1, -0.05) is 52.0 Å². The molecule has 11 heteroatoms. The third kappa shape index (κ3) is 12.7. The molecule has 0 aromatic heterocycles. The molecular formula is C29H50NO9P. The summed E-state index contributed by atoms with van der Waals surface area (Å²) in [6.45, 7) is 15.9. The van der Waals surface area contributed by atoms with Gasteiger partial charge >= 0.3 is 7.82 Å². The molecule has 40 heavy (non-hydrogen) atoms. The van der Waals surface area contributed by atoms with Crippen LogP contribution in [0, 0.1) is 5.92 Å². The van der Waals surface area contributed by atoms with Crippen LogP contribution in [0.1, 0.15) is 46.6 Å². The normalized spacial score (nSPS) is 17.1. The zero-order valence-corrected chi connectivity index (χ0v) is 25.9. The number of anilines is 1. The van der Waals surface area contributed by atoms with Gasteiger partial charge in [0.05, 0.1) is 72.7 Å². The lowest BCUT2D eigenvalue weighted by molar-refractivity contribution is -0.0139. The summed E-state index contributed by atoms with van der Waals surface area (Å²) in [6.07, 6.45) is 3.14. The predicted molar refractivity (Wildman–Crippen MR) is 156 cm³/mol. The molecule has 1 unspecified atom stereocenters. The highest BCUT2D eigenvalue weighted by molar-refractivity contribution is 7.47. The molecule has 2 rings (SSSR count). The Kier molecular flexibility index (Phi) is 16.5. The average Bonchev–Trinajstić information content (AvgIpc) is 3.13. The van der Waals surface area contributed by atoms with Gasteiger partial charge in [0.15, 0.2) is 0 Å². The van der Waals surface area contributed by atoms with Crippen LogP contribution in [0.15, 0.2) is 36.0 Å². The molecule has 0 aliphatic carbocycles. The number of rotatable bonds is 23. The van der Waals surface area contributed by atoms with Crippen LogP contribution in [0.2, 0.25) is 0 Å². The minimum absolute atomic E-state index is 0.0469. The Morgan fingerprint density at radius 1 is 0.800 bits per heavy atom. The highest BCUT2D eigenvalue weighted by Gasteiger charge is 2.39. The standard InChI is InChI=1S/C29H50NO9P/c1-6-28-29(4,5)26-9-7-8-10-27(26)30(28)12-14-38-40(31,32)39-24-23-37-22-21-36-20-19-35-18-17-34-16-15-33-13-11-25(2)3/h6-10,25H,11-24H2,1-5H3,(H,31,32). The molecule has 0 spiro atoms. The van der Waals surface area contributed by atoms with E-state index < -0.39 is 7.82 Å². The first-order valence-corrected chi connectivity index (χ1v) is 15.7. The van der Waals surface area contributed by atoms with Gasteiger partial charge in [0.1, 0.15) is 0 Å². The van der Waals surface area contributed by atoms with Gasteiger partial charge in [0, 0.05) is 30.0 Å². The van der Waals surface area contributed by atoms with Crippen molar-refractivity contribution >= 4 is 13.5 Å². The van der Waals surface area contributed by atoms with E-state index >= 15 is 0 Å². The van der Waals surface area contributed by atoms with Crippen molar-refractivity contribution in [2.75, 3.05) is 90.7 Å². The van der Waals surface area contributed by atoms with Crippen LogP contribution in [0.4, 0.5) is 5.69 Å². The number of hydrogen-bond donors (Lipinski definition) is 1. The van der Waals surface area contributed by atoms with Gasteiger partial charge in [0.2, 0.25) is 0 Å². The zero-order chi connectivity index (χ0) is 29.3. The van der Waals surface area contributed by atoms with E-state index in [0.29, 0.717) is 65.3 Å². The first-order chi connectivity index (χ1) is 19.2. The molecule has 10 nitrogen and oxygen atoms in total. The topological polar surface area (TPSA) is 105 Å². The molecule has 0 saturated carbocycles. The second kappa shape index (κ2) is 19.0. The molecule has 0 amide bonds. The molecule has 230 valence electrons. The van der Waals surface area contributed by atoms with Crippen molar-refractivity contribution < 1.29 is 42.2 Å². The monoisotopic (exact) mass is 587 g/mol. The Balaban J connectivity index is 1.43. The Morgan fingerprint density at radius 2 is 1.27 bits per heavy atom. The number of allylic oxidation sites excluding steroid dienone is 2. The lowest BCUT2D eigenvalue weighted by Gasteiger charge is -2.27. The number of fused-ring (bicyclic) bond motifs is 1. The second-order valence-electron chi connectivity index (χ2n) is 10.3. The molecule has 1 aromatic carbocycles. The number of hydrogen-bond acceptors (Lipinski definition) is 9. The molecule has 1 N–H and O–H groups in total. The third-order valence-corrected chi connectivity index (χ3v) is 7.47. The summed E-state index contributed by atoms with van der Waals surface area (Å²) in [4.78, 5) is 12.2. The Hall–Kier alpha value is -1.33. The Morgan fingerprint density at radius 3 is 1.80 bits per heavy atom. The largest absolute Gasteiger partial charge is 0.472 e. The fraction of sp³-hybridized carbons (Fsp3) is 0.724. The van der Waals surface area contributed by atoms with Gasteiger partial charge in [-0.25, -0.2) is 4.57 Å². The fourth-order valence-electron chi connectivity index (χ4n) is 4.40. The molecule has 0 fully saturated rings. The van der Waals surface area contributed by atoms with Crippen LogP contribution < -0.4 is 4.90 Å². The second-order valence-corrected chi connectivity index (χ2v) is 11.8. The summed E-state index contributed by atoms with van der Waals surface area (Å²) in [7, 11) is -4.18. The molecule has 1 aliphatic rings. The number of ether oxygens (including phenoxy) is 5. The van der Waals surface area contributed by atoms with Crippen molar-refractivity contribution in [1.29, 1.82) is 0 Å². The van der Waals surface area contributed by atoms with E-state index in [4.69, 9.17) is 32.7 Å². The van der Waals surface area contributed by atoms with Crippen molar-refractivity contribution in [3.05, 3.63) is 41.6 Å². The predicted octanol–water partition coefficient (Wildman–Crippen LogP) is 4.95. The number of nitrogens with zero attached hydrogens (tertiary/aromatic N) is 1. The number of phosphoric ester groups is 1. The SMILES string of the molecule is CC=C1N(CCOP(=O)(O)OCCOCCOCCOCCOCCOCCC(C)C)c2ccccc2C1(C)C. The van der Waals surface area contributed by atoms with E-state index in [-0.39, 0.29) is 25.2 Å². The molecule has 0 saturated heterocycles. The first kappa shape index (κ1) is 34.9. The van der Waals surface area contributed by atoms with Gasteiger partial charge in [0.25, 0.3) is 0 Å². The van der Waals surface area contributed by atoms with Crippen LogP contribution >= 0.6 is 7.82 Å². The summed E-state index contributed by atoms with van der Waals surface area (Å²) in [5, 5.41) is 0. The molecule has 1 aromatic rings. The summed E-state index contributed by atoms with van der Waals surface area (Å²) in [5.74, 6) is 0.652. The van der Waals surface area contributed by atoms with Gasteiger partial charge < -0.3 is 33.5 Å². The average molecular weight is 588 g/mol. The Bertz CT molecular complexity index is 909. The van der Waals surface area contributed by atoms with Gasteiger partial charge in [-0.3, -0.25) is 9.05 Å². The lowest BCUT2D eigenvalue weighted by atomic mass is 9.84. The van der Waals surface area contributed by atoms with Crippen molar-refractivity contribution in [3.63, 3.8) is 0 Å². The van der Waals surface area contributed by atoms with E-state index in [2.05, 4.69) is 50.8 Å². The van der Waals surface area contributed by atoms with Crippen molar-refractivity contribution in [1.82, 2.24) is 0 Å². The van der Waals surface area contributed by atoms with Crippen molar-refractivity contribution in [2.24, 2.45) is 5.92 Å². The lowest BCUT2D eigenvalue weighted by Crippen LogP contribution is -2.28. The number of para-hydroxylation sites is 1. The molecule has 0 bridgehead atoms. The van der Waals surface area contributed by atoms with E-state index in [9.17, 15) is 9.46 Å². The van der Waals surface area contributed by atoms with E-state index in [1.165, 1.54) is 5.56 Å². The maximum Gasteiger partial charge on any atom is 0.472 e. The molecule has 1 heterocycles. The van der Waals surface area contributed by atoms with Crippen LogP contribution in [0.3, 0.4) is 0 Å². The Labute approximate surface area is 240 Å². The maximum absolute atomic E-state index is 12.3. The highest BCUT2D eigenvalue weighted by atomic mass is 31.2. The number of phosphoric acid groups is 1. The molecule has 1 aliphatic heterocycles. The van der Waals surface area contributed by atoms with Crippen LogP contribution in [0.25, 0.3) is 0 Å². The van der Waals surface area contributed by atoms with Crippen LogP contribution in [0.5, 0.6) is 0 Å². The first-order valence-electron chi connectivity index (χ1n) is 14.2. The summed E-state index contributed by atoms with van der Waals surface area (Å²) in [5.41, 5.74) is 3.30. The summed E-state index contributed by atoms with van der Waals surface area (Å²) >= 11 is 0. The van der Waals surface area contributed by atoms with Gasteiger partial charge in [-0.2, -0.15) is 0 Å². The van der Waals surface area contributed by atoms with E-state index in [1.807, 2.05) is 19.1 Å². The fourth-order valence-corrected chi connectivity index (χ4v) is 5.09. The minimum atomic E-state index is -4.18. The van der Waals surface area contributed by atoms with E-state index in [0.717, 1.165) is 24.4 Å². The van der Waals surface area contributed by atoms with Crippen molar-refractivity contribution in [3.8, 4) is 0 Å².